The molecule has 0 aromatic heterocycles. The predicted molar refractivity (Wildman–Crippen MR) is 488 cm³/mol. The molecule has 2 aromatic rings. The number of rotatable bonds is 79. The van der Waals surface area contributed by atoms with Gasteiger partial charge in [-0.2, -0.15) is 0 Å². The molecule has 3 heteroatoms. The summed E-state index contributed by atoms with van der Waals surface area (Å²) in [5.41, 5.74) is 5.75. The zero-order chi connectivity index (χ0) is 76.8. The van der Waals surface area contributed by atoms with Crippen molar-refractivity contribution < 1.29 is 16.5 Å². The Morgan fingerprint density at radius 2 is 0.349 bits per heavy atom. The Morgan fingerprint density at radius 1 is 0.193 bits per heavy atom. The van der Waals surface area contributed by atoms with Crippen LogP contribution in [0.5, 0.6) is 0 Å². The molecule has 0 fully saturated rings. The molecule has 109 heavy (non-hydrogen) atoms. The van der Waals surface area contributed by atoms with Crippen molar-refractivity contribution in [3.05, 3.63) is 59.7 Å². The fourth-order valence-corrected chi connectivity index (χ4v) is 15.7. The Morgan fingerprint density at radius 3 is 0.541 bits per heavy atom. The molecule has 0 N–H and O–H groups in total. The minimum Gasteiger partial charge on any atom is -0.237 e. The summed E-state index contributed by atoms with van der Waals surface area (Å²) in [5, 5.41) is 0. The van der Waals surface area contributed by atoms with E-state index in [-0.39, 0.29) is 16.5 Å². The second kappa shape index (κ2) is 88.5. The maximum Gasteiger partial charge on any atom is 2.00 e. The third-order valence-corrected chi connectivity index (χ3v) is 23.0. The summed E-state index contributed by atoms with van der Waals surface area (Å²) in [6.07, 6.45) is 108. The Kier molecular flexibility index (Phi) is 84.0. The maximum atomic E-state index is 5.47. The molecule has 0 saturated carbocycles. The van der Waals surface area contributed by atoms with E-state index in [1.54, 1.807) is 0 Å². The van der Waals surface area contributed by atoms with Crippen LogP contribution in [0.15, 0.2) is 58.5 Å². The molecule has 0 bridgehead atoms. The van der Waals surface area contributed by atoms with Crippen molar-refractivity contribution in [1.82, 2.24) is 0 Å². The molecule has 0 aliphatic rings. The Balaban J connectivity index is 0.0000594. The minimum atomic E-state index is 0. The van der Waals surface area contributed by atoms with Gasteiger partial charge in [0.25, 0.3) is 0 Å². The number of aryl methyl sites for hydroxylation is 2. The zero-order valence-corrected chi connectivity index (χ0v) is 74.4. The van der Waals surface area contributed by atoms with Crippen LogP contribution >= 0.6 is 0 Å². The van der Waals surface area contributed by atoms with E-state index in [1.165, 1.54) is 461 Å². The van der Waals surface area contributed by atoms with Gasteiger partial charge in [0.05, 0.1) is 11.4 Å². The van der Waals surface area contributed by atoms with Crippen LogP contribution in [0.25, 0.3) is 0 Å². The number of aliphatic imine (C=N–C) groups is 2. The molecule has 0 saturated heterocycles. The molecule has 0 aliphatic carbocycles. The van der Waals surface area contributed by atoms with E-state index in [1.807, 2.05) is 0 Å². The standard InChI is InChI=1S/C106H180N2.Ni/c1-5-9-13-17-21-24-27-30-33-36-39-42-45-48-49-52-55-58-61-64-67-70-73-76-80-84-88-100-106(108-104-98-92-90-96-102(104)94-86-82-79-75-72-69-66-63-60-57-54-51-47-44-41-38-35-32-29-26-23-19-15-11-7-3)105(99-87-83-77-20-16-12-8-4)107-103-97-91-89-95-101(103)93-85-81-78-74-71-68-65-62-59-56-53-50-46-43-40-37-34-31-28-25-22-18-14-10-6-2;/h89-92,95-98H,5-77,80,83-86,93-94H2,1-4H3;/q;+2. The first-order valence-corrected chi connectivity index (χ1v) is 49.0. The van der Waals surface area contributed by atoms with Gasteiger partial charge >= 0.3 is 16.5 Å². The zero-order valence-electron chi connectivity index (χ0n) is 73.4. The molecule has 0 aliphatic heterocycles. The van der Waals surface area contributed by atoms with E-state index in [2.05, 4.69) is 124 Å². The fourth-order valence-electron chi connectivity index (χ4n) is 15.7. The largest absolute Gasteiger partial charge is 2.00 e. The average Bonchev–Trinajstić information content (AvgIpc) is 0.842. The van der Waals surface area contributed by atoms with Gasteiger partial charge in [0.2, 0.25) is 0 Å². The number of para-hydroxylation sites is 2. The summed E-state index contributed by atoms with van der Waals surface area (Å²) in [7, 11) is 0. The topological polar surface area (TPSA) is 24.7 Å². The average molecular weight is 1540 g/mol. The van der Waals surface area contributed by atoms with E-state index in [0.717, 1.165) is 75.6 Å². The monoisotopic (exact) mass is 1540 g/mol. The Bertz CT molecular complexity index is 2540. The molecule has 622 valence electrons. The summed E-state index contributed by atoms with van der Waals surface area (Å²) in [5.74, 6) is 28.7. The van der Waals surface area contributed by atoms with E-state index in [4.69, 9.17) is 9.98 Å². The van der Waals surface area contributed by atoms with Gasteiger partial charge in [-0.3, -0.25) is 0 Å². The van der Waals surface area contributed by atoms with Crippen molar-refractivity contribution in [3.63, 3.8) is 0 Å². The normalized spacial score (nSPS) is 11.4. The summed E-state index contributed by atoms with van der Waals surface area (Å²) >= 11 is 0. The van der Waals surface area contributed by atoms with Gasteiger partial charge in [0.15, 0.2) is 0 Å². The quantitative estimate of drug-likeness (QED) is 0.0273. The molecule has 2 aromatic carbocycles. The summed E-state index contributed by atoms with van der Waals surface area (Å²) < 4.78 is 0. The number of unbranched alkanes of at least 4 members (excludes halogenated alkanes) is 72. The molecule has 0 heterocycles. The van der Waals surface area contributed by atoms with Crippen molar-refractivity contribution in [1.29, 1.82) is 0 Å². The van der Waals surface area contributed by atoms with Gasteiger partial charge < -0.3 is 0 Å². The van der Waals surface area contributed by atoms with Crippen LogP contribution in [0.4, 0.5) is 11.4 Å². The van der Waals surface area contributed by atoms with E-state index < -0.39 is 0 Å². The Labute approximate surface area is 693 Å². The van der Waals surface area contributed by atoms with Crippen molar-refractivity contribution in [2.45, 2.75) is 541 Å². The minimum absolute atomic E-state index is 0. The molecule has 0 amide bonds. The second-order valence-corrected chi connectivity index (χ2v) is 33.5. The van der Waals surface area contributed by atoms with Crippen LogP contribution in [0, 0.1) is 47.4 Å². The number of nitrogens with zero attached hydrogens (tertiary/aromatic N) is 2. The molecular weight excluding hydrogens is 1360 g/mol. The fraction of sp³-hybridized carbons (Fsp3) is 0.792. The summed E-state index contributed by atoms with van der Waals surface area (Å²) in [4.78, 5) is 10.9. The number of hydrogen-bond acceptors (Lipinski definition) is 2. The predicted octanol–water partition coefficient (Wildman–Crippen LogP) is 36.1. The van der Waals surface area contributed by atoms with Gasteiger partial charge in [0.1, 0.15) is 11.4 Å². The van der Waals surface area contributed by atoms with Crippen molar-refractivity contribution in [2.24, 2.45) is 9.98 Å². The number of benzene rings is 2. The van der Waals surface area contributed by atoms with Gasteiger partial charge in [-0.05, 0) is 73.6 Å². The number of hydrogen-bond donors (Lipinski definition) is 0. The molecule has 0 atom stereocenters. The maximum absolute atomic E-state index is 5.47. The van der Waals surface area contributed by atoms with E-state index >= 15 is 0 Å². The van der Waals surface area contributed by atoms with E-state index in [9.17, 15) is 0 Å². The first kappa shape index (κ1) is 104. The van der Waals surface area contributed by atoms with Gasteiger partial charge in [-0.15, -0.1) is 23.7 Å². The van der Waals surface area contributed by atoms with E-state index in [0.29, 0.717) is 11.4 Å². The first-order valence-electron chi connectivity index (χ1n) is 49.0. The van der Waals surface area contributed by atoms with Crippen LogP contribution in [-0.4, -0.2) is 11.4 Å². The van der Waals surface area contributed by atoms with Crippen molar-refractivity contribution in [3.8, 4) is 47.4 Å². The van der Waals surface area contributed by atoms with Crippen LogP contribution in [0.1, 0.15) is 540 Å². The molecule has 2 rings (SSSR count). The molecule has 0 spiro atoms. The first-order chi connectivity index (χ1) is 53.7. The van der Waals surface area contributed by atoms with Crippen LogP contribution in [0.2, 0.25) is 0 Å². The van der Waals surface area contributed by atoms with Crippen molar-refractivity contribution in [2.75, 3.05) is 0 Å². The summed E-state index contributed by atoms with van der Waals surface area (Å²) in [6.45, 7) is 9.23. The summed E-state index contributed by atoms with van der Waals surface area (Å²) in [6, 6.07) is 17.4. The van der Waals surface area contributed by atoms with Crippen molar-refractivity contribution >= 4 is 22.8 Å². The van der Waals surface area contributed by atoms with Crippen LogP contribution in [0.3, 0.4) is 0 Å². The molecule has 0 unspecified atom stereocenters. The smallest absolute Gasteiger partial charge is 0.237 e. The van der Waals surface area contributed by atoms with Gasteiger partial charge in [-0.25, -0.2) is 9.98 Å². The Hall–Kier alpha value is -3.49. The SMILES string of the molecule is CCCCCCCC#CC(=Nc1ccccc1CCC#CCCCCCCCCCCCCCCCCCCCCCCC)C(C#CCCCCCCCCCCCCCCCCCCCCCCCCCCC)=Nc1ccccc1CCC#CCCCCCCCCCCCCCCCCCCCCCCC.[Ni+2]. The molecule has 0 radical (unpaired) electrons. The third kappa shape index (κ3) is 73.2. The van der Waals surface area contributed by atoms with Crippen LogP contribution < -0.4 is 0 Å². The molecular formula is C106H180N2Ni+2. The molecule has 2 nitrogen and oxygen atoms in total. The van der Waals surface area contributed by atoms with Gasteiger partial charge in [-0.1, -0.05) is 513 Å². The second-order valence-electron chi connectivity index (χ2n) is 33.5. The third-order valence-electron chi connectivity index (χ3n) is 23.0. The van der Waals surface area contributed by atoms with Gasteiger partial charge in [0, 0.05) is 38.5 Å². The van der Waals surface area contributed by atoms with Crippen LogP contribution in [-0.2, 0) is 29.3 Å².